The number of fused-ring (bicyclic) bond motifs is 1. The van der Waals surface area contributed by atoms with Crippen molar-refractivity contribution in [3.8, 4) is 0 Å². The lowest BCUT2D eigenvalue weighted by Gasteiger charge is -1.89. The number of nitrogens with zero attached hydrogens (tertiary/aromatic N) is 4. The van der Waals surface area contributed by atoms with Gasteiger partial charge in [-0.1, -0.05) is 6.07 Å². The van der Waals surface area contributed by atoms with Crippen LogP contribution in [0.15, 0.2) is 43.2 Å². The lowest BCUT2D eigenvalue weighted by atomic mass is 10.5. The molecule has 0 fully saturated rings. The average Bonchev–Trinajstić information content (AvgIpc) is 2.92. The largest absolute Gasteiger partial charge is 0.382 e. The van der Waals surface area contributed by atoms with Crippen molar-refractivity contribution >= 4 is 23.3 Å². The molecule has 3 aromatic heterocycles. The summed E-state index contributed by atoms with van der Waals surface area (Å²) in [5.41, 5.74) is 6.78. The predicted octanol–water partition coefficient (Wildman–Crippen LogP) is 1.22. The van der Waals surface area contributed by atoms with E-state index in [1.165, 1.54) is 19.6 Å². The van der Waals surface area contributed by atoms with Gasteiger partial charge in [-0.2, -0.15) is 0 Å². The minimum atomic E-state index is 0.433. The number of aldehydes is 1. The monoisotopic (exact) mass is 258 g/mol. The Morgan fingerprint density at radius 2 is 1.84 bits per heavy atom. The zero-order chi connectivity index (χ0) is 13.9. The minimum Gasteiger partial charge on any atom is -0.382 e. The smallest absolute Gasteiger partial charge is 0.182 e. The zero-order valence-corrected chi connectivity index (χ0v) is 10.4. The topological polar surface area (TPSA) is 110 Å². The number of carbonyl (C=O) groups is 1. The number of rotatable bonds is 0. The van der Waals surface area contributed by atoms with Gasteiger partial charge in [0.15, 0.2) is 11.5 Å². The number of carbonyl (C=O) groups excluding carboxylic acids is 1. The zero-order valence-electron chi connectivity index (χ0n) is 10.4. The first-order valence-corrected chi connectivity index (χ1v) is 5.44. The van der Waals surface area contributed by atoms with Gasteiger partial charge >= 0.3 is 0 Å². The van der Waals surface area contributed by atoms with Crippen molar-refractivity contribution in [3.05, 3.63) is 43.2 Å². The molecule has 0 saturated carbocycles. The van der Waals surface area contributed by atoms with E-state index in [0.717, 1.165) is 6.29 Å². The molecule has 0 bridgehead atoms. The van der Waals surface area contributed by atoms with Crippen LogP contribution in [0.5, 0.6) is 0 Å². The number of nitrogen functional groups attached to an aromatic ring is 1. The number of H-pyrrole nitrogens is 1. The van der Waals surface area contributed by atoms with Gasteiger partial charge in [-0.05, 0) is 19.1 Å². The van der Waals surface area contributed by atoms with E-state index in [9.17, 15) is 0 Å². The second-order valence-electron chi connectivity index (χ2n) is 3.12. The quantitative estimate of drug-likeness (QED) is 0.586. The Kier molecular flexibility index (Phi) is 6.21. The molecule has 3 rings (SSSR count). The summed E-state index contributed by atoms with van der Waals surface area (Å²) in [6.45, 7) is 1.44. The fourth-order valence-electron chi connectivity index (χ4n) is 1.10. The molecule has 0 atom stereocenters. The number of nitrogens with one attached hydrogen (secondary N) is 1. The summed E-state index contributed by atoms with van der Waals surface area (Å²) in [5.74, 6) is 0.433. The number of aromatic amines is 1. The van der Waals surface area contributed by atoms with Crippen LogP contribution < -0.4 is 5.73 Å². The van der Waals surface area contributed by atoms with Crippen LogP contribution in [0, 0.1) is 0 Å². The Hall–Kier alpha value is -2.83. The van der Waals surface area contributed by atoms with Crippen molar-refractivity contribution < 1.29 is 4.79 Å². The molecule has 0 aromatic carbocycles. The summed E-state index contributed by atoms with van der Waals surface area (Å²) in [6.07, 6.45) is 7.17. The van der Waals surface area contributed by atoms with Gasteiger partial charge in [-0.3, -0.25) is 4.98 Å². The van der Waals surface area contributed by atoms with E-state index in [1.54, 1.807) is 12.4 Å². The highest BCUT2D eigenvalue weighted by Crippen LogP contribution is 2.09. The molecule has 7 nitrogen and oxygen atoms in total. The van der Waals surface area contributed by atoms with E-state index >= 15 is 0 Å². The molecule has 3 aromatic rings. The van der Waals surface area contributed by atoms with Gasteiger partial charge in [0.05, 0.1) is 6.33 Å². The summed E-state index contributed by atoms with van der Waals surface area (Å²) in [6, 6.07) is 5.72. The Morgan fingerprint density at radius 3 is 2.32 bits per heavy atom. The summed E-state index contributed by atoms with van der Waals surface area (Å²) in [7, 11) is 0. The molecule has 0 spiro atoms. The third-order valence-corrected chi connectivity index (χ3v) is 1.82. The summed E-state index contributed by atoms with van der Waals surface area (Å²) in [5, 5.41) is 0. The molecule has 0 aliphatic carbocycles. The maximum atomic E-state index is 8.81. The highest BCUT2D eigenvalue weighted by Gasteiger charge is 1.99. The van der Waals surface area contributed by atoms with Gasteiger partial charge in [0.25, 0.3) is 0 Å². The molecular weight excluding hydrogens is 244 g/mol. The van der Waals surface area contributed by atoms with Gasteiger partial charge in [0.2, 0.25) is 0 Å². The standard InChI is InChI=1S/C5H5N5.C5H5N.C2H4O/c6-4-3-5(9-1-7-3)10-2-8-4;1-2-4-6-5-3-1;1-2-3/h1-2H,(H3,6,7,8,9,10);1-5H;2H,1H3. The molecule has 98 valence electrons. The Bertz CT molecular complexity index is 569. The van der Waals surface area contributed by atoms with Crippen molar-refractivity contribution in [3.63, 3.8) is 0 Å². The van der Waals surface area contributed by atoms with E-state index < -0.39 is 0 Å². The van der Waals surface area contributed by atoms with Gasteiger partial charge < -0.3 is 15.5 Å². The molecule has 0 aliphatic heterocycles. The number of nitrogens with two attached hydrogens (primary N) is 1. The van der Waals surface area contributed by atoms with Gasteiger partial charge in [0, 0.05) is 12.4 Å². The SMILES string of the molecule is CC=O.Nc1ncnc2nc[nH]c12.c1ccncc1. The number of anilines is 1. The maximum Gasteiger partial charge on any atom is 0.182 e. The van der Waals surface area contributed by atoms with Crippen molar-refractivity contribution in [2.45, 2.75) is 6.92 Å². The highest BCUT2D eigenvalue weighted by atomic mass is 16.1. The summed E-state index contributed by atoms with van der Waals surface area (Å²) >= 11 is 0. The van der Waals surface area contributed by atoms with Gasteiger partial charge in [0.1, 0.15) is 18.1 Å². The molecule has 0 saturated heterocycles. The summed E-state index contributed by atoms with van der Waals surface area (Å²) in [4.78, 5) is 27.0. The Morgan fingerprint density at radius 1 is 1.16 bits per heavy atom. The number of imidazole rings is 1. The molecule has 0 aliphatic rings. The van der Waals surface area contributed by atoms with Crippen LogP contribution >= 0.6 is 0 Å². The van der Waals surface area contributed by atoms with Crippen molar-refractivity contribution in [1.82, 2.24) is 24.9 Å². The molecule has 0 amide bonds. The average molecular weight is 258 g/mol. The first kappa shape index (κ1) is 14.2. The number of pyridine rings is 1. The lowest BCUT2D eigenvalue weighted by Crippen LogP contribution is -1.91. The Balaban J connectivity index is 0.000000172. The van der Waals surface area contributed by atoms with Crippen LogP contribution in [0.3, 0.4) is 0 Å². The predicted molar refractivity (Wildman–Crippen MR) is 72.1 cm³/mol. The van der Waals surface area contributed by atoms with E-state index in [0.29, 0.717) is 17.0 Å². The molecule has 3 heterocycles. The van der Waals surface area contributed by atoms with Gasteiger partial charge in [-0.15, -0.1) is 0 Å². The van der Waals surface area contributed by atoms with Crippen LogP contribution in [0.1, 0.15) is 6.92 Å². The molecule has 0 unspecified atom stereocenters. The molecule has 7 heteroatoms. The first-order chi connectivity index (χ1) is 9.29. The normalized spacial score (nSPS) is 8.68. The van der Waals surface area contributed by atoms with Crippen LogP contribution in [-0.2, 0) is 4.79 Å². The van der Waals surface area contributed by atoms with E-state index in [1.807, 2.05) is 18.2 Å². The third kappa shape index (κ3) is 4.90. The fourth-order valence-corrected chi connectivity index (χ4v) is 1.10. The second-order valence-corrected chi connectivity index (χ2v) is 3.12. The van der Waals surface area contributed by atoms with Gasteiger partial charge in [-0.25, -0.2) is 15.0 Å². The molecular formula is C12H14N6O. The second kappa shape index (κ2) is 8.29. The lowest BCUT2D eigenvalue weighted by molar-refractivity contribution is -0.106. The van der Waals surface area contributed by atoms with Crippen molar-refractivity contribution in [2.24, 2.45) is 0 Å². The van der Waals surface area contributed by atoms with E-state index in [4.69, 9.17) is 10.5 Å². The number of hydrogen-bond donors (Lipinski definition) is 2. The first-order valence-electron chi connectivity index (χ1n) is 5.44. The molecule has 0 radical (unpaired) electrons. The third-order valence-electron chi connectivity index (χ3n) is 1.82. The van der Waals surface area contributed by atoms with E-state index in [-0.39, 0.29) is 0 Å². The molecule has 3 N–H and O–H groups in total. The number of hydrogen-bond acceptors (Lipinski definition) is 6. The summed E-state index contributed by atoms with van der Waals surface area (Å²) < 4.78 is 0. The van der Waals surface area contributed by atoms with Crippen LogP contribution in [0.2, 0.25) is 0 Å². The van der Waals surface area contributed by atoms with Crippen LogP contribution in [-0.4, -0.2) is 31.2 Å². The molecule has 19 heavy (non-hydrogen) atoms. The van der Waals surface area contributed by atoms with Crippen LogP contribution in [0.4, 0.5) is 5.82 Å². The van der Waals surface area contributed by atoms with Crippen molar-refractivity contribution in [1.29, 1.82) is 0 Å². The maximum absolute atomic E-state index is 8.81. The van der Waals surface area contributed by atoms with E-state index in [2.05, 4.69) is 24.9 Å². The fraction of sp³-hybridized carbons (Fsp3) is 0.0833. The number of aromatic nitrogens is 5. The Labute approximate surface area is 110 Å². The highest BCUT2D eigenvalue weighted by molar-refractivity contribution is 5.80. The van der Waals surface area contributed by atoms with Crippen molar-refractivity contribution in [2.75, 3.05) is 5.73 Å². The van der Waals surface area contributed by atoms with Crippen LogP contribution in [0.25, 0.3) is 11.2 Å². The minimum absolute atomic E-state index is 0.433.